The molecule has 0 aromatic rings. The highest BCUT2D eigenvalue weighted by molar-refractivity contribution is 6.08. The summed E-state index contributed by atoms with van der Waals surface area (Å²) in [5, 5.41) is 0. The lowest BCUT2D eigenvalue weighted by molar-refractivity contribution is -0.200. The topological polar surface area (TPSA) is 55.8 Å². The van der Waals surface area contributed by atoms with E-state index in [1.807, 2.05) is 0 Å². The van der Waals surface area contributed by atoms with E-state index in [4.69, 9.17) is 9.47 Å². The van der Waals surface area contributed by atoms with Crippen LogP contribution in [0.2, 0.25) is 0 Å². The molecule has 2 saturated heterocycles. The maximum Gasteiger partial charge on any atom is 0.471 e. The second-order valence-corrected chi connectivity index (χ2v) is 5.53. The molecule has 0 radical (unpaired) electrons. The van der Waals surface area contributed by atoms with Gasteiger partial charge in [0, 0.05) is 30.4 Å². The molecule has 0 aromatic heterocycles. The summed E-state index contributed by atoms with van der Waals surface area (Å²) < 4.78 is 49.0. The number of nitrogens with zero attached hydrogens (tertiary/aromatic N) is 1. The summed E-state index contributed by atoms with van der Waals surface area (Å²) in [5.74, 6) is -4.45. The van der Waals surface area contributed by atoms with Gasteiger partial charge in [0.05, 0.1) is 13.2 Å². The number of halogens is 3. The SMILES string of the molecule is C=C1C(=O)N(C(=O)C(F)(F)F)[C@@H]2CCC3(C[C@@H]12)OCCO3. The number of amides is 2. The van der Waals surface area contributed by atoms with Crippen molar-refractivity contribution in [3.05, 3.63) is 12.2 Å². The Morgan fingerprint density at radius 3 is 2.52 bits per heavy atom. The Kier molecular flexibility index (Phi) is 3.14. The van der Waals surface area contributed by atoms with E-state index >= 15 is 0 Å². The molecule has 1 aliphatic carbocycles. The van der Waals surface area contributed by atoms with Crippen molar-refractivity contribution in [2.24, 2.45) is 5.92 Å². The van der Waals surface area contributed by atoms with Crippen LogP contribution >= 0.6 is 0 Å². The van der Waals surface area contributed by atoms with Gasteiger partial charge in [-0.25, -0.2) is 0 Å². The fourth-order valence-electron chi connectivity index (χ4n) is 3.41. The molecule has 2 heterocycles. The predicted octanol–water partition coefficient (Wildman–Crippen LogP) is 1.39. The monoisotopic (exact) mass is 305 g/mol. The highest BCUT2D eigenvalue weighted by atomic mass is 19.4. The number of carbonyl (C=O) groups is 2. The molecule has 5 nitrogen and oxygen atoms in total. The van der Waals surface area contributed by atoms with Crippen LogP contribution in [0, 0.1) is 5.92 Å². The lowest BCUT2D eigenvalue weighted by Crippen LogP contribution is -2.50. The number of rotatable bonds is 0. The lowest BCUT2D eigenvalue weighted by atomic mass is 9.79. The van der Waals surface area contributed by atoms with Crippen molar-refractivity contribution in [3.8, 4) is 0 Å². The molecular formula is C13H14F3NO4. The van der Waals surface area contributed by atoms with Gasteiger partial charge in [-0.15, -0.1) is 0 Å². The van der Waals surface area contributed by atoms with Crippen LogP contribution in [0.5, 0.6) is 0 Å². The second-order valence-electron chi connectivity index (χ2n) is 5.53. The van der Waals surface area contributed by atoms with Gasteiger partial charge in [-0.05, 0) is 6.42 Å². The first-order chi connectivity index (χ1) is 9.75. The van der Waals surface area contributed by atoms with Crippen molar-refractivity contribution in [3.63, 3.8) is 0 Å². The van der Waals surface area contributed by atoms with Crippen molar-refractivity contribution in [2.75, 3.05) is 13.2 Å². The van der Waals surface area contributed by atoms with Crippen molar-refractivity contribution in [2.45, 2.75) is 37.3 Å². The minimum absolute atomic E-state index is 0.0239. The third kappa shape index (κ3) is 2.17. The Bertz CT molecular complexity index is 510. The van der Waals surface area contributed by atoms with E-state index in [9.17, 15) is 22.8 Å². The molecular weight excluding hydrogens is 291 g/mol. The normalized spacial score (nSPS) is 31.9. The molecule has 116 valence electrons. The van der Waals surface area contributed by atoms with E-state index in [-0.39, 0.29) is 18.4 Å². The lowest BCUT2D eigenvalue weighted by Gasteiger charge is -2.39. The average Bonchev–Trinajstić information content (AvgIpc) is 2.95. The van der Waals surface area contributed by atoms with Gasteiger partial charge in [0.15, 0.2) is 5.79 Å². The second kappa shape index (κ2) is 4.54. The van der Waals surface area contributed by atoms with E-state index in [0.29, 0.717) is 24.5 Å². The number of hydrogen-bond donors (Lipinski definition) is 0. The molecule has 0 bridgehead atoms. The van der Waals surface area contributed by atoms with Gasteiger partial charge in [0.1, 0.15) is 0 Å². The summed E-state index contributed by atoms with van der Waals surface area (Å²) in [7, 11) is 0. The molecule has 21 heavy (non-hydrogen) atoms. The number of ether oxygens (including phenoxy) is 2. The van der Waals surface area contributed by atoms with Crippen LogP contribution in [0.1, 0.15) is 19.3 Å². The number of carbonyl (C=O) groups excluding carboxylic acids is 2. The Morgan fingerprint density at radius 1 is 1.33 bits per heavy atom. The average molecular weight is 305 g/mol. The summed E-state index contributed by atoms with van der Waals surface area (Å²) in [6, 6.07) is -0.808. The first-order valence-electron chi connectivity index (χ1n) is 6.67. The van der Waals surface area contributed by atoms with Crippen LogP contribution in [0.25, 0.3) is 0 Å². The summed E-state index contributed by atoms with van der Waals surface area (Å²) >= 11 is 0. The third-order valence-electron chi connectivity index (χ3n) is 4.36. The largest absolute Gasteiger partial charge is 0.471 e. The van der Waals surface area contributed by atoms with E-state index in [2.05, 4.69) is 6.58 Å². The van der Waals surface area contributed by atoms with Crippen molar-refractivity contribution >= 4 is 11.8 Å². The van der Waals surface area contributed by atoms with Crippen molar-refractivity contribution < 1.29 is 32.2 Å². The number of likely N-dealkylation sites (tertiary alicyclic amines) is 1. The van der Waals surface area contributed by atoms with E-state index in [0.717, 1.165) is 0 Å². The van der Waals surface area contributed by atoms with Gasteiger partial charge in [-0.3, -0.25) is 14.5 Å². The van der Waals surface area contributed by atoms with Gasteiger partial charge in [-0.1, -0.05) is 6.58 Å². The molecule has 2 amide bonds. The highest BCUT2D eigenvalue weighted by Crippen LogP contribution is 2.47. The predicted molar refractivity (Wildman–Crippen MR) is 62.8 cm³/mol. The van der Waals surface area contributed by atoms with Crippen LogP contribution < -0.4 is 0 Å². The number of imide groups is 1. The molecule has 0 unspecified atom stereocenters. The highest BCUT2D eigenvalue weighted by Gasteiger charge is 2.58. The van der Waals surface area contributed by atoms with Crippen LogP contribution in [0.15, 0.2) is 12.2 Å². The zero-order chi connectivity index (χ0) is 15.4. The van der Waals surface area contributed by atoms with Crippen LogP contribution in [0.4, 0.5) is 13.2 Å². The van der Waals surface area contributed by atoms with Gasteiger partial charge in [0.2, 0.25) is 0 Å². The van der Waals surface area contributed by atoms with Crippen molar-refractivity contribution in [1.82, 2.24) is 4.90 Å². The molecule has 1 spiro atoms. The first kappa shape index (κ1) is 14.5. The molecule has 3 rings (SSSR count). The van der Waals surface area contributed by atoms with Crippen LogP contribution in [0.3, 0.4) is 0 Å². The fourth-order valence-corrected chi connectivity index (χ4v) is 3.41. The fraction of sp³-hybridized carbons (Fsp3) is 0.692. The summed E-state index contributed by atoms with van der Waals surface area (Å²) in [6.07, 6.45) is -4.24. The zero-order valence-corrected chi connectivity index (χ0v) is 11.1. The smallest absolute Gasteiger partial charge is 0.348 e. The van der Waals surface area contributed by atoms with Crippen molar-refractivity contribution in [1.29, 1.82) is 0 Å². The molecule has 2 atom stereocenters. The molecule has 0 N–H and O–H groups in total. The molecule has 3 aliphatic rings. The maximum atomic E-state index is 12.6. The molecule has 2 aliphatic heterocycles. The van der Waals surface area contributed by atoms with Gasteiger partial charge in [-0.2, -0.15) is 13.2 Å². The Labute approximate surface area is 118 Å². The van der Waals surface area contributed by atoms with Crippen LogP contribution in [-0.2, 0) is 19.1 Å². The maximum absolute atomic E-state index is 12.6. The van der Waals surface area contributed by atoms with E-state index < -0.39 is 35.7 Å². The standard InChI is InChI=1S/C13H14F3NO4/c1-7-8-6-12(20-4-5-21-12)3-2-9(8)17(10(7)18)11(19)13(14,15)16/h8-9H,1-6H2/t8-,9+/m0/s1. The van der Waals surface area contributed by atoms with E-state index in [1.165, 1.54) is 0 Å². The quantitative estimate of drug-likeness (QED) is 0.635. The Balaban J connectivity index is 1.86. The minimum atomic E-state index is -5.07. The van der Waals surface area contributed by atoms with Gasteiger partial charge >= 0.3 is 12.1 Å². The Hall–Kier alpha value is -1.41. The number of hydrogen-bond acceptors (Lipinski definition) is 4. The first-order valence-corrected chi connectivity index (χ1v) is 6.67. The molecule has 8 heteroatoms. The summed E-state index contributed by atoms with van der Waals surface area (Å²) in [4.78, 5) is 23.8. The summed E-state index contributed by atoms with van der Waals surface area (Å²) in [5.41, 5.74) is 0.0239. The molecule has 0 aromatic carbocycles. The molecule has 1 saturated carbocycles. The number of fused-ring (bicyclic) bond motifs is 1. The molecule has 3 fully saturated rings. The third-order valence-corrected chi connectivity index (χ3v) is 4.36. The Morgan fingerprint density at radius 2 is 1.95 bits per heavy atom. The number of alkyl halides is 3. The van der Waals surface area contributed by atoms with Gasteiger partial charge < -0.3 is 9.47 Å². The van der Waals surface area contributed by atoms with Gasteiger partial charge in [0.25, 0.3) is 5.91 Å². The zero-order valence-electron chi connectivity index (χ0n) is 11.1. The van der Waals surface area contributed by atoms with Crippen LogP contribution in [-0.4, -0.2) is 47.9 Å². The minimum Gasteiger partial charge on any atom is -0.348 e. The van der Waals surface area contributed by atoms with E-state index in [1.54, 1.807) is 0 Å². The summed E-state index contributed by atoms with van der Waals surface area (Å²) in [6.45, 7) is 4.41.